The number of anilines is 1. The first-order chi connectivity index (χ1) is 10.7. The van der Waals surface area contributed by atoms with E-state index in [1.165, 1.54) is 12.1 Å². The van der Waals surface area contributed by atoms with Crippen molar-refractivity contribution >= 4 is 17.9 Å². The molecule has 1 aromatic carbocycles. The number of piperazine rings is 1. The summed E-state index contributed by atoms with van der Waals surface area (Å²) in [6.07, 6.45) is 0.684. The van der Waals surface area contributed by atoms with Crippen LogP contribution in [0.1, 0.15) is 21.0 Å². The summed E-state index contributed by atoms with van der Waals surface area (Å²) in [5.41, 5.74) is 1.78. The van der Waals surface area contributed by atoms with E-state index in [0.717, 1.165) is 5.69 Å². The summed E-state index contributed by atoms with van der Waals surface area (Å²) in [7, 11) is 0. The third-order valence-electron chi connectivity index (χ3n) is 3.82. The maximum atomic E-state index is 12.9. The van der Waals surface area contributed by atoms with E-state index >= 15 is 0 Å². The summed E-state index contributed by atoms with van der Waals surface area (Å²) in [6.45, 7) is 2.56. The van der Waals surface area contributed by atoms with Crippen LogP contribution in [-0.4, -0.2) is 48.3 Å². The van der Waals surface area contributed by atoms with Crippen LogP contribution in [0.5, 0.6) is 0 Å². The Labute approximate surface area is 127 Å². The van der Waals surface area contributed by atoms with Gasteiger partial charge in [0.05, 0.1) is 5.69 Å². The molecule has 1 fully saturated rings. The third-order valence-corrected chi connectivity index (χ3v) is 3.82. The summed E-state index contributed by atoms with van der Waals surface area (Å²) >= 11 is 0. The van der Waals surface area contributed by atoms with Crippen molar-refractivity contribution in [2.75, 3.05) is 31.1 Å². The summed E-state index contributed by atoms with van der Waals surface area (Å²) in [5, 5.41) is 0. The van der Waals surface area contributed by atoms with Gasteiger partial charge >= 0.3 is 0 Å². The molecule has 0 aliphatic carbocycles. The van der Waals surface area contributed by atoms with E-state index in [1.807, 2.05) is 0 Å². The van der Waals surface area contributed by atoms with Crippen LogP contribution in [0.4, 0.5) is 10.1 Å². The Morgan fingerprint density at radius 3 is 2.32 bits per heavy atom. The number of hydrogen-bond donors (Lipinski definition) is 1. The van der Waals surface area contributed by atoms with E-state index in [0.29, 0.717) is 43.9 Å². The molecule has 0 unspecified atom stereocenters. The smallest absolute Gasteiger partial charge is 0.270 e. The number of hydrogen-bond acceptors (Lipinski definition) is 3. The molecule has 1 aliphatic heterocycles. The molecule has 1 N–H and O–H groups in total. The molecule has 6 heteroatoms. The van der Waals surface area contributed by atoms with Gasteiger partial charge in [0, 0.05) is 31.9 Å². The second kappa shape index (κ2) is 6.01. The van der Waals surface area contributed by atoms with E-state index in [1.54, 1.807) is 29.2 Å². The van der Waals surface area contributed by atoms with Crippen LogP contribution in [0.15, 0.2) is 36.4 Å². The summed E-state index contributed by atoms with van der Waals surface area (Å²) in [6, 6.07) is 9.58. The van der Waals surface area contributed by atoms with Crippen LogP contribution in [-0.2, 0) is 0 Å². The molecule has 22 heavy (non-hydrogen) atoms. The number of aldehydes is 1. The van der Waals surface area contributed by atoms with Gasteiger partial charge < -0.3 is 14.8 Å². The van der Waals surface area contributed by atoms with Gasteiger partial charge in [-0.05, 0) is 36.4 Å². The number of rotatable bonds is 3. The van der Waals surface area contributed by atoms with Crippen LogP contribution in [0.25, 0.3) is 0 Å². The average Bonchev–Trinajstić information content (AvgIpc) is 3.04. The largest absolute Gasteiger partial charge is 0.368 e. The zero-order chi connectivity index (χ0) is 15.5. The summed E-state index contributed by atoms with van der Waals surface area (Å²) < 4.78 is 12.9. The Morgan fingerprint density at radius 1 is 1.05 bits per heavy atom. The number of H-pyrrole nitrogens is 1. The van der Waals surface area contributed by atoms with Gasteiger partial charge in [0.15, 0.2) is 6.29 Å². The number of carbonyl (C=O) groups is 2. The van der Waals surface area contributed by atoms with Crippen molar-refractivity contribution in [3.05, 3.63) is 53.6 Å². The molecule has 5 nitrogen and oxygen atoms in total. The van der Waals surface area contributed by atoms with E-state index in [4.69, 9.17) is 0 Å². The molecule has 2 heterocycles. The zero-order valence-electron chi connectivity index (χ0n) is 12.0. The fourth-order valence-corrected chi connectivity index (χ4v) is 2.60. The summed E-state index contributed by atoms with van der Waals surface area (Å²) in [5.74, 6) is -0.359. The number of amides is 1. The lowest BCUT2D eigenvalue weighted by atomic mass is 10.2. The molecular formula is C16H16FN3O2. The summed E-state index contributed by atoms with van der Waals surface area (Å²) in [4.78, 5) is 29.6. The van der Waals surface area contributed by atoms with Gasteiger partial charge in [0.25, 0.3) is 5.91 Å². The molecule has 1 saturated heterocycles. The molecule has 114 valence electrons. The number of aromatic amines is 1. The lowest BCUT2D eigenvalue weighted by Gasteiger charge is -2.36. The van der Waals surface area contributed by atoms with Crippen LogP contribution < -0.4 is 4.90 Å². The highest BCUT2D eigenvalue weighted by molar-refractivity contribution is 5.93. The SMILES string of the molecule is O=Cc1ccc(C(=O)N2CCN(c3ccc(F)cc3)CC2)[nH]1. The first-order valence-corrected chi connectivity index (χ1v) is 7.11. The number of nitrogens with one attached hydrogen (secondary N) is 1. The predicted octanol–water partition coefficient (Wildman–Crippen LogP) is 1.93. The van der Waals surface area contributed by atoms with Crippen molar-refractivity contribution in [1.29, 1.82) is 0 Å². The maximum Gasteiger partial charge on any atom is 0.270 e. The van der Waals surface area contributed by atoms with Gasteiger partial charge in [0.2, 0.25) is 0 Å². The van der Waals surface area contributed by atoms with Gasteiger partial charge in [0.1, 0.15) is 11.5 Å². The fraction of sp³-hybridized carbons (Fsp3) is 0.250. The second-order valence-corrected chi connectivity index (χ2v) is 5.20. The quantitative estimate of drug-likeness (QED) is 0.881. The van der Waals surface area contributed by atoms with Gasteiger partial charge in [-0.3, -0.25) is 9.59 Å². The molecular weight excluding hydrogens is 285 g/mol. The van der Waals surface area contributed by atoms with Crippen molar-refractivity contribution < 1.29 is 14.0 Å². The molecule has 1 amide bonds. The Bertz CT molecular complexity index is 673. The van der Waals surface area contributed by atoms with E-state index < -0.39 is 0 Å². The average molecular weight is 301 g/mol. The molecule has 2 aromatic rings. The Hall–Kier alpha value is -2.63. The molecule has 0 atom stereocenters. The van der Waals surface area contributed by atoms with Gasteiger partial charge in [-0.25, -0.2) is 4.39 Å². The van der Waals surface area contributed by atoms with Crippen molar-refractivity contribution in [2.24, 2.45) is 0 Å². The number of carbonyl (C=O) groups excluding carboxylic acids is 2. The number of benzene rings is 1. The molecule has 0 bridgehead atoms. The normalized spacial score (nSPS) is 15.0. The first-order valence-electron chi connectivity index (χ1n) is 7.11. The minimum absolute atomic E-state index is 0.105. The molecule has 3 rings (SSSR count). The highest BCUT2D eigenvalue weighted by atomic mass is 19.1. The van der Waals surface area contributed by atoms with E-state index in [-0.39, 0.29) is 11.7 Å². The third kappa shape index (κ3) is 2.86. The minimum atomic E-state index is -0.254. The Kier molecular flexibility index (Phi) is 3.91. The lowest BCUT2D eigenvalue weighted by molar-refractivity contribution is 0.0741. The number of nitrogens with zero attached hydrogens (tertiary/aromatic N) is 2. The molecule has 1 aromatic heterocycles. The monoisotopic (exact) mass is 301 g/mol. The molecule has 0 spiro atoms. The molecule has 1 aliphatic rings. The van der Waals surface area contributed by atoms with E-state index in [2.05, 4.69) is 9.88 Å². The predicted molar refractivity (Wildman–Crippen MR) is 80.7 cm³/mol. The lowest BCUT2D eigenvalue weighted by Crippen LogP contribution is -2.48. The standard InChI is InChI=1S/C16H16FN3O2/c17-12-1-4-14(5-2-12)19-7-9-20(10-8-19)16(22)15-6-3-13(11-21)18-15/h1-6,11,18H,7-10H2. The van der Waals surface area contributed by atoms with Crippen molar-refractivity contribution in [2.45, 2.75) is 0 Å². The zero-order valence-corrected chi connectivity index (χ0v) is 12.0. The Balaban J connectivity index is 1.62. The first kappa shape index (κ1) is 14.3. The molecule has 0 saturated carbocycles. The van der Waals surface area contributed by atoms with Crippen LogP contribution in [0, 0.1) is 5.82 Å². The van der Waals surface area contributed by atoms with Gasteiger partial charge in [-0.1, -0.05) is 0 Å². The van der Waals surface area contributed by atoms with Crippen molar-refractivity contribution in [1.82, 2.24) is 9.88 Å². The minimum Gasteiger partial charge on any atom is -0.368 e. The number of aromatic nitrogens is 1. The Morgan fingerprint density at radius 2 is 1.73 bits per heavy atom. The maximum absolute atomic E-state index is 12.9. The molecule has 0 radical (unpaired) electrons. The van der Waals surface area contributed by atoms with Crippen LogP contribution >= 0.6 is 0 Å². The van der Waals surface area contributed by atoms with E-state index in [9.17, 15) is 14.0 Å². The fourth-order valence-electron chi connectivity index (χ4n) is 2.60. The highest BCUT2D eigenvalue weighted by Gasteiger charge is 2.23. The van der Waals surface area contributed by atoms with Crippen LogP contribution in [0.3, 0.4) is 0 Å². The van der Waals surface area contributed by atoms with Crippen molar-refractivity contribution in [3.8, 4) is 0 Å². The van der Waals surface area contributed by atoms with Gasteiger partial charge in [-0.2, -0.15) is 0 Å². The van der Waals surface area contributed by atoms with Crippen LogP contribution in [0.2, 0.25) is 0 Å². The second-order valence-electron chi connectivity index (χ2n) is 5.20. The highest BCUT2D eigenvalue weighted by Crippen LogP contribution is 2.17. The number of halogens is 1. The van der Waals surface area contributed by atoms with Gasteiger partial charge in [-0.15, -0.1) is 0 Å². The topological polar surface area (TPSA) is 56.4 Å². The van der Waals surface area contributed by atoms with Crippen molar-refractivity contribution in [3.63, 3.8) is 0 Å².